The zero-order chi connectivity index (χ0) is 17.3. The van der Waals surface area contributed by atoms with Crippen LogP contribution in [0.3, 0.4) is 0 Å². The maximum absolute atomic E-state index is 12.2. The SMILES string of the molecule is Cc1ccc(NC2CCN(C(=O)OC(C)(C)C)C2)c2cccnc12. The van der Waals surface area contributed by atoms with Gasteiger partial charge in [-0.2, -0.15) is 0 Å². The number of ether oxygens (including phenoxy) is 1. The number of aromatic nitrogens is 1. The van der Waals surface area contributed by atoms with Gasteiger partial charge in [-0.15, -0.1) is 0 Å². The van der Waals surface area contributed by atoms with Crippen molar-refractivity contribution in [3.8, 4) is 0 Å². The first kappa shape index (κ1) is 16.6. The highest BCUT2D eigenvalue weighted by atomic mass is 16.6. The number of hydrogen-bond donors (Lipinski definition) is 1. The van der Waals surface area contributed by atoms with Crippen LogP contribution in [0, 0.1) is 6.92 Å². The largest absolute Gasteiger partial charge is 0.444 e. The molecule has 1 fully saturated rings. The molecule has 0 aliphatic carbocycles. The van der Waals surface area contributed by atoms with E-state index in [1.165, 1.54) is 0 Å². The summed E-state index contributed by atoms with van der Waals surface area (Å²) in [6.45, 7) is 9.12. The number of amides is 1. The molecule has 1 aliphatic rings. The minimum Gasteiger partial charge on any atom is -0.444 e. The van der Waals surface area contributed by atoms with Crippen LogP contribution in [-0.4, -0.2) is 40.7 Å². The molecule has 5 heteroatoms. The van der Waals surface area contributed by atoms with E-state index in [1.807, 2.05) is 33.0 Å². The number of benzene rings is 1. The second-order valence-corrected chi connectivity index (χ2v) is 7.39. The summed E-state index contributed by atoms with van der Waals surface area (Å²) >= 11 is 0. The Balaban J connectivity index is 1.70. The van der Waals surface area contributed by atoms with Crippen LogP contribution < -0.4 is 5.32 Å². The summed E-state index contributed by atoms with van der Waals surface area (Å²) in [4.78, 5) is 18.4. The van der Waals surface area contributed by atoms with Gasteiger partial charge in [-0.3, -0.25) is 4.98 Å². The fourth-order valence-corrected chi connectivity index (χ4v) is 3.03. The fraction of sp³-hybridized carbons (Fsp3) is 0.474. The number of nitrogens with zero attached hydrogens (tertiary/aromatic N) is 2. The predicted octanol–water partition coefficient (Wildman–Crippen LogP) is 3.96. The Hall–Kier alpha value is -2.30. The van der Waals surface area contributed by atoms with E-state index in [4.69, 9.17) is 4.74 Å². The second kappa shape index (κ2) is 6.30. The average Bonchev–Trinajstić information content (AvgIpc) is 2.98. The standard InChI is InChI=1S/C19H25N3O2/c1-13-7-8-16(15-6-5-10-20-17(13)15)21-14-9-11-22(12-14)18(23)24-19(2,3)4/h5-8,10,14,21H,9,11-12H2,1-4H3. The van der Waals surface area contributed by atoms with E-state index in [0.29, 0.717) is 13.1 Å². The summed E-state index contributed by atoms with van der Waals surface area (Å²) < 4.78 is 5.46. The zero-order valence-electron chi connectivity index (χ0n) is 14.8. The third kappa shape index (κ3) is 3.61. The van der Waals surface area contributed by atoms with Crippen LogP contribution in [-0.2, 0) is 4.74 Å². The van der Waals surface area contributed by atoms with Crippen molar-refractivity contribution >= 4 is 22.7 Å². The molecule has 0 saturated carbocycles. The van der Waals surface area contributed by atoms with Gasteiger partial charge in [0, 0.05) is 36.4 Å². The summed E-state index contributed by atoms with van der Waals surface area (Å²) in [6, 6.07) is 8.43. The monoisotopic (exact) mass is 327 g/mol. The molecule has 1 N–H and O–H groups in total. The molecule has 0 bridgehead atoms. The first-order chi connectivity index (χ1) is 11.3. The summed E-state index contributed by atoms with van der Waals surface area (Å²) in [5, 5.41) is 4.69. The van der Waals surface area contributed by atoms with Crippen LogP contribution in [0.5, 0.6) is 0 Å². The van der Waals surface area contributed by atoms with E-state index < -0.39 is 5.60 Å². The summed E-state index contributed by atoms with van der Waals surface area (Å²) in [6.07, 6.45) is 2.50. The predicted molar refractivity (Wildman–Crippen MR) is 96.3 cm³/mol. The fourth-order valence-electron chi connectivity index (χ4n) is 3.03. The van der Waals surface area contributed by atoms with E-state index in [-0.39, 0.29) is 12.1 Å². The summed E-state index contributed by atoms with van der Waals surface area (Å²) in [5.74, 6) is 0. The minimum absolute atomic E-state index is 0.226. The minimum atomic E-state index is -0.457. The van der Waals surface area contributed by atoms with Gasteiger partial charge in [0.05, 0.1) is 5.52 Å². The Morgan fingerprint density at radius 1 is 1.33 bits per heavy atom. The first-order valence-corrected chi connectivity index (χ1v) is 8.42. The second-order valence-electron chi connectivity index (χ2n) is 7.39. The molecule has 1 aromatic heterocycles. The van der Waals surface area contributed by atoms with Crippen molar-refractivity contribution in [3.63, 3.8) is 0 Å². The molecule has 5 nitrogen and oxygen atoms in total. The Bertz CT molecular complexity index is 752. The van der Waals surface area contributed by atoms with E-state index >= 15 is 0 Å². The molecule has 1 saturated heterocycles. The number of rotatable bonds is 2. The highest BCUT2D eigenvalue weighted by molar-refractivity contribution is 5.93. The molecule has 1 atom stereocenters. The molecule has 128 valence electrons. The van der Waals surface area contributed by atoms with Gasteiger partial charge in [0.1, 0.15) is 5.60 Å². The number of carbonyl (C=O) groups is 1. The maximum atomic E-state index is 12.2. The number of likely N-dealkylation sites (tertiary alicyclic amines) is 1. The maximum Gasteiger partial charge on any atom is 0.410 e. The molecule has 3 rings (SSSR count). The van der Waals surface area contributed by atoms with Crippen LogP contribution in [0.2, 0.25) is 0 Å². The van der Waals surface area contributed by atoms with Crippen molar-refractivity contribution in [3.05, 3.63) is 36.0 Å². The van der Waals surface area contributed by atoms with Gasteiger partial charge in [0.25, 0.3) is 0 Å². The molecule has 0 radical (unpaired) electrons. The Kier molecular flexibility index (Phi) is 4.35. The van der Waals surface area contributed by atoms with Gasteiger partial charge >= 0.3 is 6.09 Å². The molecule has 1 amide bonds. The van der Waals surface area contributed by atoms with Gasteiger partial charge in [-0.25, -0.2) is 4.79 Å². The highest BCUT2D eigenvalue weighted by Gasteiger charge is 2.29. The third-order valence-corrected chi connectivity index (χ3v) is 4.17. The smallest absolute Gasteiger partial charge is 0.410 e. The highest BCUT2D eigenvalue weighted by Crippen LogP contribution is 2.27. The van der Waals surface area contributed by atoms with Gasteiger partial charge in [-0.05, 0) is 57.9 Å². The van der Waals surface area contributed by atoms with Crippen LogP contribution >= 0.6 is 0 Å². The molecule has 0 spiro atoms. The number of carbonyl (C=O) groups excluding carboxylic acids is 1. The average molecular weight is 327 g/mol. The Labute approximate surface area is 143 Å². The molecule has 1 aromatic carbocycles. The summed E-state index contributed by atoms with van der Waals surface area (Å²) in [7, 11) is 0. The van der Waals surface area contributed by atoms with E-state index in [2.05, 4.69) is 35.4 Å². The Morgan fingerprint density at radius 3 is 2.88 bits per heavy atom. The van der Waals surface area contributed by atoms with Crippen LogP contribution in [0.25, 0.3) is 10.9 Å². The summed E-state index contributed by atoms with van der Waals surface area (Å²) in [5.41, 5.74) is 2.80. The van der Waals surface area contributed by atoms with Crippen molar-refractivity contribution in [1.29, 1.82) is 0 Å². The van der Waals surface area contributed by atoms with Crippen molar-refractivity contribution in [2.45, 2.75) is 45.8 Å². The van der Waals surface area contributed by atoms with Crippen molar-refractivity contribution < 1.29 is 9.53 Å². The van der Waals surface area contributed by atoms with Gasteiger partial charge < -0.3 is 15.0 Å². The van der Waals surface area contributed by atoms with Gasteiger partial charge in [-0.1, -0.05) is 6.07 Å². The molecular weight excluding hydrogens is 302 g/mol. The third-order valence-electron chi connectivity index (χ3n) is 4.17. The number of pyridine rings is 1. The molecular formula is C19H25N3O2. The lowest BCUT2D eigenvalue weighted by Crippen LogP contribution is -2.36. The number of nitrogens with one attached hydrogen (secondary N) is 1. The molecule has 1 aliphatic heterocycles. The van der Waals surface area contributed by atoms with E-state index in [1.54, 1.807) is 4.90 Å². The van der Waals surface area contributed by atoms with E-state index in [0.717, 1.165) is 28.6 Å². The number of anilines is 1. The molecule has 1 unspecified atom stereocenters. The Morgan fingerprint density at radius 2 is 2.12 bits per heavy atom. The topological polar surface area (TPSA) is 54.5 Å². The van der Waals surface area contributed by atoms with Crippen molar-refractivity contribution in [1.82, 2.24) is 9.88 Å². The number of hydrogen-bond acceptors (Lipinski definition) is 4. The first-order valence-electron chi connectivity index (χ1n) is 8.42. The molecule has 24 heavy (non-hydrogen) atoms. The number of fused-ring (bicyclic) bond motifs is 1. The zero-order valence-corrected chi connectivity index (χ0v) is 14.8. The lowest BCUT2D eigenvalue weighted by atomic mass is 10.1. The normalized spacial score (nSPS) is 18.0. The van der Waals surface area contributed by atoms with Crippen LogP contribution in [0.1, 0.15) is 32.8 Å². The lowest BCUT2D eigenvalue weighted by Gasteiger charge is -2.24. The lowest BCUT2D eigenvalue weighted by molar-refractivity contribution is 0.0293. The van der Waals surface area contributed by atoms with E-state index in [9.17, 15) is 4.79 Å². The van der Waals surface area contributed by atoms with Gasteiger partial charge in [0.15, 0.2) is 0 Å². The van der Waals surface area contributed by atoms with Crippen LogP contribution in [0.15, 0.2) is 30.5 Å². The van der Waals surface area contributed by atoms with Crippen molar-refractivity contribution in [2.75, 3.05) is 18.4 Å². The molecule has 2 heterocycles. The van der Waals surface area contributed by atoms with Crippen LogP contribution in [0.4, 0.5) is 10.5 Å². The van der Waals surface area contributed by atoms with Crippen molar-refractivity contribution in [2.24, 2.45) is 0 Å². The quantitative estimate of drug-likeness (QED) is 0.907. The van der Waals surface area contributed by atoms with Gasteiger partial charge in [0.2, 0.25) is 0 Å². The molecule has 2 aromatic rings. The number of aryl methyl sites for hydroxylation is 1.